The molecule has 2 N–H and O–H groups in total. The van der Waals surface area contributed by atoms with Gasteiger partial charge in [0.2, 0.25) is 0 Å². The molecule has 20 heavy (non-hydrogen) atoms. The van der Waals surface area contributed by atoms with Gasteiger partial charge in [0.15, 0.2) is 0 Å². The lowest BCUT2D eigenvalue weighted by atomic mass is 10.1. The second-order valence-corrected chi connectivity index (χ2v) is 3.91. The maximum Gasteiger partial charge on any atom is 0.338 e. The monoisotopic (exact) mass is 280 g/mol. The van der Waals surface area contributed by atoms with Crippen molar-refractivity contribution in [2.45, 2.75) is 6.42 Å². The van der Waals surface area contributed by atoms with E-state index in [0.717, 1.165) is 12.5 Å². The molecule has 0 fully saturated rings. The lowest BCUT2D eigenvalue weighted by molar-refractivity contribution is -0.384. The second kappa shape index (κ2) is 7.90. The van der Waals surface area contributed by atoms with Crippen molar-refractivity contribution in [3.05, 3.63) is 46.5 Å². The van der Waals surface area contributed by atoms with Crippen LogP contribution in [-0.2, 0) is 4.74 Å². The molecule has 0 heterocycles. The van der Waals surface area contributed by atoms with Crippen molar-refractivity contribution >= 4 is 17.3 Å². The average molecular weight is 280 g/mol. The minimum Gasteiger partial charge on any atom is -0.478 e. The van der Waals surface area contributed by atoms with Gasteiger partial charge in [0.25, 0.3) is 5.69 Å². The Morgan fingerprint density at radius 3 is 2.85 bits per heavy atom. The minimum absolute atomic E-state index is 0.134. The molecule has 0 bridgehead atoms. The van der Waals surface area contributed by atoms with E-state index in [0.29, 0.717) is 25.4 Å². The summed E-state index contributed by atoms with van der Waals surface area (Å²) in [5, 5.41) is 22.5. The Balaban J connectivity index is 2.62. The Hall–Kier alpha value is -2.41. The third-order valence-electron chi connectivity index (χ3n) is 2.47. The van der Waals surface area contributed by atoms with Crippen LogP contribution in [0.3, 0.4) is 0 Å². The highest BCUT2D eigenvalue weighted by atomic mass is 16.6. The van der Waals surface area contributed by atoms with Gasteiger partial charge in [-0.05, 0) is 12.5 Å². The van der Waals surface area contributed by atoms with Crippen LogP contribution in [0.5, 0.6) is 0 Å². The van der Waals surface area contributed by atoms with E-state index in [9.17, 15) is 14.9 Å². The number of rotatable bonds is 9. The quantitative estimate of drug-likeness (QED) is 0.311. The number of hydrogen-bond acceptors (Lipinski definition) is 5. The SMILES string of the molecule is C=CCCOCCNc1ccc([N+](=O)[O-])cc1C(=O)O. The molecule has 0 radical (unpaired) electrons. The zero-order valence-corrected chi connectivity index (χ0v) is 10.9. The summed E-state index contributed by atoms with van der Waals surface area (Å²) in [5.74, 6) is -1.22. The lowest BCUT2D eigenvalue weighted by Crippen LogP contribution is -2.13. The van der Waals surface area contributed by atoms with Gasteiger partial charge in [0, 0.05) is 24.4 Å². The van der Waals surface area contributed by atoms with Crippen molar-refractivity contribution in [3.8, 4) is 0 Å². The lowest BCUT2D eigenvalue weighted by Gasteiger charge is -2.09. The predicted octanol–water partition coefficient (Wildman–Crippen LogP) is 2.30. The van der Waals surface area contributed by atoms with E-state index in [1.165, 1.54) is 12.1 Å². The summed E-state index contributed by atoms with van der Waals surface area (Å²) in [6, 6.07) is 3.67. The first-order valence-corrected chi connectivity index (χ1v) is 6.00. The number of non-ortho nitro benzene ring substituents is 1. The molecule has 0 saturated heterocycles. The van der Waals surface area contributed by atoms with Crippen molar-refractivity contribution in [3.63, 3.8) is 0 Å². The summed E-state index contributed by atoms with van der Waals surface area (Å²) >= 11 is 0. The van der Waals surface area contributed by atoms with Gasteiger partial charge >= 0.3 is 5.97 Å². The predicted molar refractivity (Wildman–Crippen MR) is 74.2 cm³/mol. The first-order chi connectivity index (χ1) is 9.56. The van der Waals surface area contributed by atoms with Crippen LogP contribution in [0.2, 0.25) is 0 Å². The summed E-state index contributed by atoms with van der Waals surface area (Å²) in [6.45, 7) is 4.93. The zero-order valence-electron chi connectivity index (χ0n) is 10.9. The largest absolute Gasteiger partial charge is 0.478 e. The van der Waals surface area contributed by atoms with E-state index in [1.54, 1.807) is 6.08 Å². The Morgan fingerprint density at radius 2 is 2.25 bits per heavy atom. The van der Waals surface area contributed by atoms with Crippen LogP contribution in [0, 0.1) is 10.1 Å². The van der Waals surface area contributed by atoms with Crippen LogP contribution in [0.1, 0.15) is 16.8 Å². The number of hydrogen-bond donors (Lipinski definition) is 2. The fourth-order valence-electron chi connectivity index (χ4n) is 1.50. The smallest absolute Gasteiger partial charge is 0.338 e. The average Bonchev–Trinajstić information content (AvgIpc) is 2.42. The molecule has 7 heteroatoms. The van der Waals surface area contributed by atoms with Crippen LogP contribution in [-0.4, -0.2) is 35.8 Å². The second-order valence-electron chi connectivity index (χ2n) is 3.91. The van der Waals surface area contributed by atoms with Gasteiger partial charge in [0.1, 0.15) is 0 Å². The number of nitrogens with zero attached hydrogens (tertiary/aromatic N) is 1. The normalized spacial score (nSPS) is 10.0. The van der Waals surface area contributed by atoms with E-state index >= 15 is 0 Å². The number of ether oxygens (including phenoxy) is 1. The van der Waals surface area contributed by atoms with E-state index in [-0.39, 0.29) is 11.3 Å². The number of carboxylic acids is 1. The fraction of sp³-hybridized carbons (Fsp3) is 0.308. The third-order valence-corrected chi connectivity index (χ3v) is 2.47. The molecule has 0 saturated carbocycles. The molecule has 0 aliphatic carbocycles. The molecule has 0 spiro atoms. The molecule has 0 aliphatic heterocycles. The molecule has 0 aromatic heterocycles. The van der Waals surface area contributed by atoms with Gasteiger partial charge in [-0.2, -0.15) is 0 Å². The highest BCUT2D eigenvalue weighted by Gasteiger charge is 2.15. The number of anilines is 1. The number of nitrogens with one attached hydrogen (secondary N) is 1. The number of nitro benzene ring substituents is 1. The molecule has 7 nitrogen and oxygen atoms in total. The van der Waals surface area contributed by atoms with Crippen LogP contribution in [0.4, 0.5) is 11.4 Å². The number of benzene rings is 1. The first-order valence-electron chi connectivity index (χ1n) is 6.00. The summed E-state index contributed by atoms with van der Waals surface area (Å²) in [7, 11) is 0. The molecule has 0 unspecified atom stereocenters. The van der Waals surface area contributed by atoms with Gasteiger partial charge < -0.3 is 15.2 Å². The van der Waals surface area contributed by atoms with Crippen LogP contribution in [0.25, 0.3) is 0 Å². The summed E-state index contributed by atoms with van der Waals surface area (Å²) in [6.07, 6.45) is 2.49. The number of nitro groups is 1. The molecule has 0 aliphatic rings. The van der Waals surface area contributed by atoms with Crippen LogP contribution < -0.4 is 5.32 Å². The van der Waals surface area contributed by atoms with E-state index in [2.05, 4.69) is 11.9 Å². The van der Waals surface area contributed by atoms with Crippen molar-refractivity contribution in [2.24, 2.45) is 0 Å². The highest BCUT2D eigenvalue weighted by Crippen LogP contribution is 2.22. The Bertz CT molecular complexity index is 502. The molecule has 108 valence electrons. The maximum atomic E-state index is 11.1. The first kappa shape index (κ1) is 15.6. The maximum absolute atomic E-state index is 11.1. The molecule has 1 aromatic rings. The summed E-state index contributed by atoms with van der Waals surface area (Å²) < 4.78 is 5.27. The molecular formula is C13H16N2O5. The minimum atomic E-state index is -1.22. The van der Waals surface area contributed by atoms with Gasteiger partial charge in [-0.15, -0.1) is 6.58 Å². The van der Waals surface area contributed by atoms with Crippen molar-refractivity contribution in [1.29, 1.82) is 0 Å². The Morgan fingerprint density at radius 1 is 1.50 bits per heavy atom. The zero-order chi connectivity index (χ0) is 15.0. The molecule has 0 atom stereocenters. The van der Waals surface area contributed by atoms with Gasteiger partial charge in [-0.25, -0.2) is 4.79 Å². The summed E-state index contributed by atoms with van der Waals surface area (Å²) in [5.41, 5.74) is -0.0594. The molecule has 0 amide bonds. The number of carbonyl (C=O) groups is 1. The van der Waals surface area contributed by atoms with Crippen LogP contribution in [0.15, 0.2) is 30.9 Å². The van der Waals surface area contributed by atoms with Crippen molar-refractivity contribution < 1.29 is 19.6 Å². The van der Waals surface area contributed by atoms with E-state index in [1.807, 2.05) is 0 Å². The number of aromatic carboxylic acids is 1. The van der Waals surface area contributed by atoms with Gasteiger partial charge in [-0.3, -0.25) is 10.1 Å². The van der Waals surface area contributed by atoms with E-state index < -0.39 is 10.9 Å². The fourth-order valence-corrected chi connectivity index (χ4v) is 1.50. The van der Waals surface area contributed by atoms with Crippen molar-refractivity contribution in [1.82, 2.24) is 0 Å². The molecule has 1 aromatic carbocycles. The van der Waals surface area contributed by atoms with Gasteiger partial charge in [0.05, 0.1) is 23.7 Å². The molecule has 1 rings (SSSR count). The molecular weight excluding hydrogens is 264 g/mol. The van der Waals surface area contributed by atoms with E-state index in [4.69, 9.17) is 9.84 Å². The summed E-state index contributed by atoms with van der Waals surface area (Å²) in [4.78, 5) is 21.0. The third kappa shape index (κ3) is 4.69. The van der Waals surface area contributed by atoms with Gasteiger partial charge in [-0.1, -0.05) is 6.08 Å². The number of carboxylic acid groups (broad SMARTS) is 1. The standard InChI is InChI=1S/C13H16N2O5/c1-2-3-7-20-8-6-14-12-5-4-10(15(18)19)9-11(12)13(16)17/h2,4-5,9,14H,1,3,6-8H2,(H,16,17). The Kier molecular flexibility index (Phi) is 6.18. The van der Waals surface area contributed by atoms with Crippen LogP contribution >= 0.6 is 0 Å². The topological polar surface area (TPSA) is 102 Å². The van der Waals surface area contributed by atoms with Crippen molar-refractivity contribution in [2.75, 3.05) is 25.1 Å². The highest BCUT2D eigenvalue weighted by molar-refractivity contribution is 5.95. The Labute approximate surface area is 116 Å².